The first-order chi connectivity index (χ1) is 11.2. The summed E-state index contributed by atoms with van der Waals surface area (Å²) < 4.78 is 5.35. The van der Waals surface area contributed by atoms with Crippen molar-refractivity contribution in [2.75, 3.05) is 44.3 Å². The number of amides is 1. The molecule has 1 atom stereocenters. The quantitative estimate of drug-likeness (QED) is 0.864. The minimum atomic E-state index is -0.292. The van der Waals surface area contributed by atoms with E-state index in [0.717, 1.165) is 63.6 Å². The molecule has 1 unspecified atom stereocenters. The monoisotopic (exact) mass is 318 g/mol. The molecule has 1 amide bonds. The summed E-state index contributed by atoms with van der Waals surface area (Å²) in [6, 6.07) is 4.07. The SMILES string of the molecule is CC1(C(=O)NCc2ccc(N3CCOCC3)nc2)CCCNC1. The molecule has 0 aliphatic carbocycles. The summed E-state index contributed by atoms with van der Waals surface area (Å²) in [5.74, 6) is 1.11. The minimum absolute atomic E-state index is 0.127. The van der Waals surface area contributed by atoms with E-state index in [0.29, 0.717) is 6.54 Å². The lowest BCUT2D eigenvalue weighted by Gasteiger charge is -2.32. The number of ether oxygens (including phenoxy) is 1. The summed E-state index contributed by atoms with van der Waals surface area (Å²) in [6.07, 6.45) is 3.85. The standard InChI is InChI=1S/C17H26N4O2/c1-17(5-2-6-18-13-17)16(22)20-12-14-3-4-15(19-11-14)21-7-9-23-10-8-21/h3-4,11,18H,2,5-10,12-13H2,1H3,(H,20,22). The van der Waals surface area contributed by atoms with Gasteiger partial charge in [0.15, 0.2) is 0 Å². The Labute approximate surface area is 137 Å². The number of rotatable bonds is 4. The number of hydrogen-bond donors (Lipinski definition) is 2. The average molecular weight is 318 g/mol. The van der Waals surface area contributed by atoms with Gasteiger partial charge in [0.1, 0.15) is 5.82 Å². The Bertz CT molecular complexity index is 520. The predicted molar refractivity (Wildman–Crippen MR) is 89.3 cm³/mol. The fourth-order valence-corrected chi connectivity index (χ4v) is 3.15. The minimum Gasteiger partial charge on any atom is -0.378 e. The lowest BCUT2D eigenvalue weighted by atomic mass is 9.82. The van der Waals surface area contributed by atoms with Crippen LogP contribution in [0, 0.1) is 5.41 Å². The van der Waals surface area contributed by atoms with Crippen molar-refractivity contribution in [2.24, 2.45) is 5.41 Å². The second-order valence-corrected chi connectivity index (χ2v) is 6.65. The van der Waals surface area contributed by atoms with Crippen molar-refractivity contribution < 1.29 is 9.53 Å². The van der Waals surface area contributed by atoms with Crippen LogP contribution in [0.5, 0.6) is 0 Å². The van der Waals surface area contributed by atoms with Gasteiger partial charge < -0.3 is 20.3 Å². The number of aromatic nitrogens is 1. The second kappa shape index (κ2) is 7.27. The lowest BCUT2D eigenvalue weighted by molar-refractivity contribution is -0.131. The van der Waals surface area contributed by atoms with Gasteiger partial charge in [-0.25, -0.2) is 4.98 Å². The summed E-state index contributed by atoms with van der Waals surface area (Å²) in [5, 5.41) is 6.36. The van der Waals surface area contributed by atoms with E-state index in [1.54, 1.807) is 0 Å². The van der Waals surface area contributed by atoms with Crippen molar-refractivity contribution in [3.05, 3.63) is 23.9 Å². The molecule has 1 aromatic heterocycles. The fourth-order valence-electron chi connectivity index (χ4n) is 3.15. The molecule has 1 aromatic rings. The molecule has 2 aliphatic rings. The van der Waals surface area contributed by atoms with E-state index in [1.807, 2.05) is 25.3 Å². The van der Waals surface area contributed by atoms with Crippen LogP contribution in [0.3, 0.4) is 0 Å². The van der Waals surface area contributed by atoms with Gasteiger partial charge in [0.05, 0.1) is 18.6 Å². The van der Waals surface area contributed by atoms with Gasteiger partial charge in [-0.2, -0.15) is 0 Å². The third kappa shape index (κ3) is 4.00. The summed E-state index contributed by atoms with van der Waals surface area (Å²) >= 11 is 0. The van der Waals surface area contributed by atoms with Crippen molar-refractivity contribution >= 4 is 11.7 Å². The molecule has 126 valence electrons. The molecule has 3 rings (SSSR count). The summed E-state index contributed by atoms with van der Waals surface area (Å²) in [6.45, 7) is 7.61. The van der Waals surface area contributed by atoms with Gasteiger partial charge in [-0.05, 0) is 37.9 Å². The van der Waals surface area contributed by atoms with E-state index in [-0.39, 0.29) is 11.3 Å². The summed E-state index contributed by atoms with van der Waals surface area (Å²) in [4.78, 5) is 19.2. The predicted octanol–water partition coefficient (Wildman–Crippen LogP) is 0.924. The van der Waals surface area contributed by atoms with Crippen LogP contribution in [0.2, 0.25) is 0 Å². The maximum atomic E-state index is 12.4. The molecule has 6 heteroatoms. The van der Waals surface area contributed by atoms with Crippen LogP contribution in [0.4, 0.5) is 5.82 Å². The summed E-state index contributed by atoms with van der Waals surface area (Å²) in [7, 11) is 0. The highest BCUT2D eigenvalue weighted by Crippen LogP contribution is 2.25. The molecule has 0 spiro atoms. The van der Waals surface area contributed by atoms with E-state index >= 15 is 0 Å². The first kappa shape index (κ1) is 16.2. The van der Waals surface area contributed by atoms with Crippen LogP contribution >= 0.6 is 0 Å². The Balaban J connectivity index is 1.53. The Hall–Kier alpha value is -1.66. The third-order valence-corrected chi connectivity index (χ3v) is 4.74. The van der Waals surface area contributed by atoms with Gasteiger partial charge in [-0.3, -0.25) is 4.79 Å². The average Bonchev–Trinajstić information content (AvgIpc) is 2.61. The summed E-state index contributed by atoms with van der Waals surface area (Å²) in [5.41, 5.74) is 0.738. The van der Waals surface area contributed by atoms with Gasteiger partial charge in [-0.15, -0.1) is 0 Å². The van der Waals surface area contributed by atoms with Crippen molar-refractivity contribution in [1.29, 1.82) is 0 Å². The van der Waals surface area contributed by atoms with Crippen molar-refractivity contribution in [1.82, 2.24) is 15.6 Å². The molecule has 6 nitrogen and oxygen atoms in total. The number of nitrogens with zero attached hydrogens (tertiary/aromatic N) is 2. The molecule has 0 saturated carbocycles. The third-order valence-electron chi connectivity index (χ3n) is 4.74. The lowest BCUT2D eigenvalue weighted by Crippen LogP contribution is -2.48. The number of pyridine rings is 1. The van der Waals surface area contributed by atoms with Gasteiger partial charge >= 0.3 is 0 Å². The van der Waals surface area contributed by atoms with Crippen molar-refractivity contribution in [3.8, 4) is 0 Å². The molecule has 23 heavy (non-hydrogen) atoms. The van der Waals surface area contributed by atoms with E-state index in [9.17, 15) is 4.79 Å². The molecule has 3 heterocycles. The normalized spacial score (nSPS) is 25.2. The molecule has 0 radical (unpaired) electrons. The number of morpholine rings is 1. The Morgan fingerprint density at radius 3 is 2.91 bits per heavy atom. The topological polar surface area (TPSA) is 66.5 Å². The zero-order valence-electron chi connectivity index (χ0n) is 13.8. The highest BCUT2D eigenvalue weighted by atomic mass is 16.5. The highest BCUT2D eigenvalue weighted by Gasteiger charge is 2.34. The number of carbonyl (C=O) groups is 1. The van der Waals surface area contributed by atoms with Crippen LogP contribution in [0.15, 0.2) is 18.3 Å². The first-order valence-electron chi connectivity index (χ1n) is 8.44. The smallest absolute Gasteiger partial charge is 0.227 e. The van der Waals surface area contributed by atoms with Gasteiger partial charge in [0.2, 0.25) is 5.91 Å². The fraction of sp³-hybridized carbons (Fsp3) is 0.647. The van der Waals surface area contributed by atoms with Crippen molar-refractivity contribution in [3.63, 3.8) is 0 Å². The van der Waals surface area contributed by atoms with E-state index in [2.05, 4.69) is 20.5 Å². The van der Waals surface area contributed by atoms with Crippen LogP contribution in [-0.2, 0) is 16.1 Å². The first-order valence-corrected chi connectivity index (χ1v) is 8.44. The van der Waals surface area contributed by atoms with Crippen LogP contribution in [0.25, 0.3) is 0 Å². The maximum absolute atomic E-state index is 12.4. The molecule has 2 saturated heterocycles. The molecular formula is C17H26N4O2. The Morgan fingerprint density at radius 2 is 2.26 bits per heavy atom. The van der Waals surface area contributed by atoms with E-state index in [1.165, 1.54) is 0 Å². The zero-order chi connectivity index (χ0) is 16.1. The zero-order valence-corrected chi connectivity index (χ0v) is 13.8. The Morgan fingerprint density at radius 1 is 1.43 bits per heavy atom. The van der Waals surface area contributed by atoms with Gasteiger partial charge in [-0.1, -0.05) is 6.07 Å². The Kier molecular flexibility index (Phi) is 5.13. The number of nitrogens with one attached hydrogen (secondary N) is 2. The van der Waals surface area contributed by atoms with E-state index < -0.39 is 0 Å². The maximum Gasteiger partial charge on any atom is 0.227 e. The van der Waals surface area contributed by atoms with E-state index in [4.69, 9.17) is 4.74 Å². The number of hydrogen-bond acceptors (Lipinski definition) is 5. The molecule has 2 N–H and O–H groups in total. The largest absolute Gasteiger partial charge is 0.378 e. The number of piperidine rings is 1. The van der Waals surface area contributed by atoms with Crippen LogP contribution in [-0.4, -0.2) is 50.3 Å². The van der Waals surface area contributed by atoms with Crippen LogP contribution in [0.1, 0.15) is 25.3 Å². The number of anilines is 1. The molecule has 2 aliphatic heterocycles. The molecule has 2 fully saturated rings. The highest BCUT2D eigenvalue weighted by molar-refractivity contribution is 5.82. The number of carbonyl (C=O) groups excluding carboxylic acids is 1. The van der Waals surface area contributed by atoms with Crippen LogP contribution < -0.4 is 15.5 Å². The molecule has 0 aromatic carbocycles. The molecule has 0 bridgehead atoms. The molecular weight excluding hydrogens is 292 g/mol. The van der Waals surface area contributed by atoms with Gasteiger partial charge in [0.25, 0.3) is 0 Å². The van der Waals surface area contributed by atoms with Crippen molar-refractivity contribution in [2.45, 2.75) is 26.3 Å². The second-order valence-electron chi connectivity index (χ2n) is 6.65. The van der Waals surface area contributed by atoms with Gasteiger partial charge in [0, 0.05) is 32.4 Å².